The maximum atomic E-state index is 12.3. The number of carbonyl (C=O) groups is 2. The normalized spacial score (nSPS) is 14.6. The molecular formula is C29H55O10P. The van der Waals surface area contributed by atoms with E-state index in [1.165, 1.54) is 38.5 Å². The highest BCUT2D eigenvalue weighted by Gasteiger charge is 2.27. The minimum Gasteiger partial charge on any atom is -0.462 e. The molecule has 0 amide bonds. The minimum atomic E-state index is -4.59. The summed E-state index contributed by atoms with van der Waals surface area (Å²) in [5.74, 6) is -0.942. The number of aliphatic hydroxyl groups excluding tert-OH is 2. The van der Waals surface area contributed by atoms with Crippen molar-refractivity contribution in [1.29, 1.82) is 0 Å². The van der Waals surface area contributed by atoms with Crippen molar-refractivity contribution >= 4 is 19.8 Å². The van der Waals surface area contributed by atoms with Gasteiger partial charge in [-0.25, -0.2) is 4.57 Å². The van der Waals surface area contributed by atoms with Crippen LogP contribution in [-0.2, 0) is 32.7 Å². The van der Waals surface area contributed by atoms with Crippen LogP contribution in [0.2, 0.25) is 0 Å². The number of esters is 2. The molecule has 10 nitrogen and oxygen atoms in total. The second kappa shape index (κ2) is 26.6. The molecule has 0 radical (unpaired) electrons. The van der Waals surface area contributed by atoms with Crippen molar-refractivity contribution in [1.82, 2.24) is 0 Å². The topological polar surface area (TPSA) is 149 Å². The molecule has 0 saturated carbocycles. The Balaban J connectivity index is 4.47. The van der Waals surface area contributed by atoms with Gasteiger partial charge in [0.15, 0.2) is 6.10 Å². The molecule has 0 aliphatic carbocycles. The van der Waals surface area contributed by atoms with Crippen molar-refractivity contribution < 1.29 is 47.8 Å². The van der Waals surface area contributed by atoms with Crippen LogP contribution in [0.1, 0.15) is 123 Å². The number of hydrogen-bond acceptors (Lipinski definition) is 9. The number of carbonyl (C=O) groups excluding carboxylic acids is 2. The molecule has 0 spiro atoms. The largest absolute Gasteiger partial charge is 0.472 e. The van der Waals surface area contributed by atoms with Crippen molar-refractivity contribution in [3.63, 3.8) is 0 Å². The van der Waals surface area contributed by atoms with Gasteiger partial charge in [-0.15, -0.1) is 0 Å². The summed E-state index contributed by atoms with van der Waals surface area (Å²) in [4.78, 5) is 34.4. The molecule has 0 aliphatic rings. The summed E-state index contributed by atoms with van der Waals surface area (Å²) in [5.41, 5.74) is 0. The molecule has 0 bridgehead atoms. The van der Waals surface area contributed by atoms with Crippen molar-refractivity contribution in [2.24, 2.45) is 0 Å². The zero-order valence-corrected chi connectivity index (χ0v) is 25.7. The van der Waals surface area contributed by atoms with Gasteiger partial charge in [-0.1, -0.05) is 89.7 Å². The number of allylic oxidation sites excluding steroid dienone is 2. The third-order valence-electron chi connectivity index (χ3n) is 6.26. The Hall–Kier alpha value is -1.29. The molecule has 1 unspecified atom stereocenters. The first-order chi connectivity index (χ1) is 19.2. The van der Waals surface area contributed by atoms with E-state index in [1.54, 1.807) is 0 Å². The van der Waals surface area contributed by atoms with Gasteiger partial charge in [-0.05, 0) is 32.6 Å². The molecule has 11 heteroatoms. The molecule has 0 fully saturated rings. The van der Waals surface area contributed by atoms with Crippen LogP contribution in [0.4, 0.5) is 0 Å². The maximum Gasteiger partial charge on any atom is 0.472 e. The number of aliphatic hydroxyl groups is 2. The lowest BCUT2D eigenvalue weighted by Crippen LogP contribution is -2.29. The Labute approximate surface area is 241 Å². The molecule has 0 aromatic carbocycles. The van der Waals surface area contributed by atoms with Crippen LogP contribution in [0.25, 0.3) is 0 Å². The molecule has 0 aromatic rings. The lowest BCUT2D eigenvalue weighted by atomic mass is 10.1. The first kappa shape index (κ1) is 38.7. The van der Waals surface area contributed by atoms with E-state index in [2.05, 4.69) is 23.6 Å². The molecule has 0 aromatic heterocycles. The second-order valence-corrected chi connectivity index (χ2v) is 11.6. The van der Waals surface area contributed by atoms with Gasteiger partial charge < -0.3 is 24.6 Å². The van der Waals surface area contributed by atoms with Crippen molar-refractivity contribution in [2.75, 3.05) is 26.4 Å². The number of phosphoric ester groups is 1. The fourth-order valence-corrected chi connectivity index (χ4v) is 4.66. The Kier molecular flexibility index (Phi) is 25.7. The monoisotopic (exact) mass is 594 g/mol. The first-order valence-corrected chi connectivity index (χ1v) is 16.6. The van der Waals surface area contributed by atoms with E-state index in [4.69, 9.17) is 19.1 Å². The Morgan fingerprint density at radius 1 is 0.775 bits per heavy atom. The third kappa shape index (κ3) is 25.7. The summed E-state index contributed by atoms with van der Waals surface area (Å²) in [6.07, 6.45) is 18.1. The fraction of sp³-hybridized carbons (Fsp3) is 0.862. The van der Waals surface area contributed by atoms with E-state index in [-0.39, 0.29) is 19.4 Å². The van der Waals surface area contributed by atoms with E-state index in [9.17, 15) is 24.2 Å². The average molecular weight is 595 g/mol. The summed E-state index contributed by atoms with van der Waals surface area (Å²) in [7, 11) is -4.59. The van der Waals surface area contributed by atoms with Gasteiger partial charge in [0.25, 0.3) is 0 Å². The van der Waals surface area contributed by atoms with E-state index < -0.39 is 51.8 Å². The maximum absolute atomic E-state index is 12.3. The standard InChI is InChI=1S/C29H55O10P/c1-3-5-7-9-11-12-13-15-16-18-20-28(32)36-24-27(25-38-40(34,35)37-23-26(31)22-30)39-29(33)21-19-17-14-10-8-6-4-2/h3,5,26-27,30-31H,4,6-25H2,1-2H3,(H,34,35)/b5-3-/t26-,27+/m0/s1. The van der Waals surface area contributed by atoms with Gasteiger partial charge in [-0.3, -0.25) is 18.6 Å². The highest BCUT2D eigenvalue weighted by Crippen LogP contribution is 2.43. The number of hydrogen-bond donors (Lipinski definition) is 3. The van der Waals surface area contributed by atoms with Crippen LogP contribution in [0.15, 0.2) is 12.2 Å². The molecule has 0 rings (SSSR count). The number of ether oxygens (including phenoxy) is 2. The molecular weight excluding hydrogens is 539 g/mol. The van der Waals surface area contributed by atoms with Gasteiger partial charge >= 0.3 is 19.8 Å². The highest BCUT2D eigenvalue weighted by atomic mass is 31.2. The summed E-state index contributed by atoms with van der Waals surface area (Å²) in [5, 5.41) is 18.1. The van der Waals surface area contributed by atoms with Gasteiger partial charge in [0.1, 0.15) is 12.7 Å². The fourth-order valence-electron chi connectivity index (χ4n) is 3.88. The quantitative estimate of drug-likeness (QED) is 0.0416. The van der Waals surface area contributed by atoms with E-state index in [0.29, 0.717) is 12.8 Å². The van der Waals surface area contributed by atoms with Crippen LogP contribution in [0, 0.1) is 0 Å². The molecule has 0 heterocycles. The molecule has 236 valence electrons. The first-order valence-electron chi connectivity index (χ1n) is 15.1. The van der Waals surface area contributed by atoms with Gasteiger partial charge in [0, 0.05) is 12.8 Å². The van der Waals surface area contributed by atoms with Crippen molar-refractivity contribution in [3.8, 4) is 0 Å². The van der Waals surface area contributed by atoms with Gasteiger partial charge in [0.05, 0.1) is 19.8 Å². The number of unbranched alkanes of at least 4 members (excludes halogenated alkanes) is 13. The number of rotatable bonds is 28. The van der Waals surface area contributed by atoms with Gasteiger partial charge in [0.2, 0.25) is 0 Å². The Morgan fingerprint density at radius 2 is 1.30 bits per heavy atom. The lowest BCUT2D eigenvalue weighted by molar-refractivity contribution is -0.161. The summed E-state index contributed by atoms with van der Waals surface area (Å²) < 4.78 is 32.2. The molecule has 40 heavy (non-hydrogen) atoms. The second-order valence-electron chi connectivity index (χ2n) is 10.1. The Bertz CT molecular complexity index is 700. The smallest absolute Gasteiger partial charge is 0.462 e. The van der Waals surface area contributed by atoms with E-state index in [0.717, 1.165) is 44.9 Å². The van der Waals surface area contributed by atoms with Crippen LogP contribution in [-0.4, -0.2) is 65.7 Å². The van der Waals surface area contributed by atoms with Crippen LogP contribution in [0.3, 0.4) is 0 Å². The zero-order chi connectivity index (χ0) is 29.9. The van der Waals surface area contributed by atoms with Gasteiger partial charge in [-0.2, -0.15) is 0 Å². The molecule has 0 aliphatic heterocycles. The third-order valence-corrected chi connectivity index (χ3v) is 7.22. The molecule has 0 saturated heterocycles. The van der Waals surface area contributed by atoms with Crippen molar-refractivity contribution in [2.45, 2.75) is 135 Å². The van der Waals surface area contributed by atoms with E-state index in [1.807, 2.05) is 6.92 Å². The van der Waals surface area contributed by atoms with Crippen LogP contribution < -0.4 is 0 Å². The minimum absolute atomic E-state index is 0.184. The summed E-state index contributed by atoms with van der Waals surface area (Å²) in [6.45, 7) is 2.08. The number of phosphoric acid groups is 1. The SMILES string of the molecule is C/C=C\CCCCCCCCCC(=O)OC[C@H](COP(=O)(O)OC[C@@H](O)CO)OC(=O)CCCCCCCCC. The highest BCUT2D eigenvalue weighted by molar-refractivity contribution is 7.47. The molecule has 3 atom stereocenters. The Morgan fingerprint density at radius 3 is 1.88 bits per heavy atom. The molecule has 3 N–H and O–H groups in total. The van der Waals surface area contributed by atoms with Crippen LogP contribution >= 0.6 is 7.82 Å². The predicted molar refractivity (Wildman–Crippen MR) is 155 cm³/mol. The summed E-state index contributed by atoms with van der Waals surface area (Å²) in [6, 6.07) is 0. The average Bonchev–Trinajstić information content (AvgIpc) is 2.93. The van der Waals surface area contributed by atoms with Crippen LogP contribution in [0.5, 0.6) is 0 Å². The summed E-state index contributed by atoms with van der Waals surface area (Å²) >= 11 is 0. The van der Waals surface area contributed by atoms with E-state index >= 15 is 0 Å². The lowest BCUT2D eigenvalue weighted by Gasteiger charge is -2.20. The zero-order valence-electron chi connectivity index (χ0n) is 24.8. The van der Waals surface area contributed by atoms with Crippen molar-refractivity contribution in [3.05, 3.63) is 12.2 Å². The predicted octanol–water partition coefficient (Wildman–Crippen LogP) is 6.16.